The molecule has 24 aromatic rings. The van der Waals surface area contributed by atoms with Crippen LogP contribution in [0.15, 0.2) is 413 Å². The molecule has 0 radical (unpaired) electrons. The van der Waals surface area contributed by atoms with E-state index >= 15 is 0 Å². The molecule has 0 aliphatic heterocycles. The van der Waals surface area contributed by atoms with Gasteiger partial charge in [0.25, 0.3) is 0 Å². The van der Waals surface area contributed by atoms with Crippen molar-refractivity contribution < 1.29 is 11.4 Å². The van der Waals surface area contributed by atoms with E-state index in [4.69, 9.17) is 11.4 Å². The quantitative estimate of drug-likeness (QED) is 0.0896. The fourth-order valence-electron chi connectivity index (χ4n) is 17.4. The van der Waals surface area contributed by atoms with Crippen molar-refractivity contribution in [1.82, 2.24) is 24.1 Å². The molecule has 24 rings (SSSR count). The smallest absolute Gasteiger partial charge is 0.576 e. The van der Waals surface area contributed by atoms with Crippen LogP contribution < -0.4 is 11.4 Å². The summed E-state index contributed by atoms with van der Waals surface area (Å²) in [5.41, 5.74) is 19.6. The first-order valence-electron chi connectivity index (χ1n) is 39.6. The maximum absolute atomic E-state index is 6.41. The molecule has 0 amide bonds. The molecule has 0 aliphatic carbocycles. The number of pyridine rings is 3. The van der Waals surface area contributed by atoms with Gasteiger partial charge < -0.3 is 20.5 Å². The molecule has 0 atom stereocenters. The van der Waals surface area contributed by atoms with Gasteiger partial charge >= 0.3 is 15.1 Å². The minimum atomic E-state index is -2.86. The highest BCUT2D eigenvalue weighted by molar-refractivity contribution is 7.26. The van der Waals surface area contributed by atoms with Crippen molar-refractivity contribution >= 4 is 176 Å². The average Bonchev–Trinajstić information content (AvgIpc) is 0.959. The van der Waals surface area contributed by atoms with Crippen molar-refractivity contribution in [2.75, 3.05) is 0 Å². The number of rotatable bonds is 12. The van der Waals surface area contributed by atoms with Gasteiger partial charge in [0.1, 0.15) is 33.8 Å². The number of hydrogen-bond acceptors (Lipinski definition) is 8. The first kappa shape index (κ1) is 70.1. The lowest BCUT2D eigenvalue weighted by Gasteiger charge is -2.18. The van der Waals surface area contributed by atoms with E-state index in [0.717, 1.165) is 32.7 Å². The van der Waals surface area contributed by atoms with Gasteiger partial charge in [0, 0.05) is 108 Å². The largest absolute Gasteiger partial charge is 1.20 e. The third-order valence-electron chi connectivity index (χ3n) is 22.7. The number of hydrogen-bond donors (Lipinski definition) is 0. The zero-order valence-corrected chi connectivity index (χ0v) is 66.4. The number of benzene rings is 17. The molecule has 0 fully saturated rings. The van der Waals surface area contributed by atoms with Crippen molar-refractivity contribution in [2.24, 2.45) is 0 Å². The molecule has 554 valence electrons. The van der Waals surface area contributed by atoms with Gasteiger partial charge in [-0.25, -0.2) is 0 Å². The fourth-order valence-corrected chi connectivity index (χ4v) is 21.2. The van der Waals surface area contributed by atoms with E-state index in [1.54, 1.807) is 18.6 Å². The third-order valence-corrected chi connectivity index (χ3v) is 26.4. The van der Waals surface area contributed by atoms with E-state index in [2.05, 4.69) is 327 Å². The molecule has 0 saturated carbocycles. The van der Waals surface area contributed by atoms with Crippen LogP contribution >= 0.6 is 22.7 Å². The standard InChI is InChI=1S/C42H25NS2.C38H25N.3C9H7NO.Al/c1-2-10-28(11-3-1)43-37-24-26(29-14-8-16-35-33-12-4-6-18-39(33)44-41(29)35)20-22-31(37)32-23-21-27(25-38(32)43)30-15-9-17-36-34-13-5-7-19-40(34)45-42(30)36;1-2-12-26(13-3-1)37-31-16-4-6-18-33(31)38(34-19-7-5-17-32(34)37)27-22-24-28(25-23-27)39-35-20-10-8-14-29(35)30-15-9-11-21-36(30)39;3*11-8-5-1-3-7-4-2-6-10-9(7)8;/h1-25H;1-25H;3*1-6,11H;/q;;;;;+3/p-3. The summed E-state index contributed by atoms with van der Waals surface area (Å²) in [4.78, 5) is 13.5. The van der Waals surface area contributed by atoms with Gasteiger partial charge in [-0.3, -0.25) is 15.0 Å². The fraction of sp³-hybridized carbons (Fsp3) is 0. The number of aromatic nitrogens is 5. The molecule has 7 heterocycles. The predicted molar refractivity (Wildman–Crippen MR) is 497 cm³/mol. The number of fused-ring (bicyclic) bond motifs is 17. The predicted octanol–water partition coefficient (Wildman–Crippen LogP) is 29.1. The molecule has 7 aromatic heterocycles. The van der Waals surface area contributed by atoms with Crippen molar-refractivity contribution in [1.29, 1.82) is 0 Å². The summed E-state index contributed by atoms with van der Waals surface area (Å²) in [5, 5.41) is 18.5. The Labute approximate surface area is 692 Å². The molecule has 0 saturated heterocycles. The Morgan fingerprint density at radius 2 is 0.551 bits per heavy atom. The van der Waals surface area contributed by atoms with Gasteiger partial charge in [-0.05, 0) is 163 Å². The van der Waals surface area contributed by atoms with Crippen LogP contribution in [0.4, 0.5) is 0 Å². The summed E-state index contributed by atoms with van der Waals surface area (Å²) in [6.45, 7) is 0. The maximum atomic E-state index is 6.41. The highest BCUT2D eigenvalue weighted by Gasteiger charge is 2.46. The summed E-state index contributed by atoms with van der Waals surface area (Å²) in [5.74, 6) is 1.82. The highest BCUT2D eigenvalue weighted by Crippen LogP contribution is 2.48. The van der Waals surface area contributed by atoms with E-state index in [0.29, 0.717) is 17.2 Å². The van der Waals surface area contributed by atoms with Crippen LogP contribution in [-0.4, -0.2) is 39.2 Å². The van der Waals surface area contributed by atoms with E-state index in [-0.39, 0.29) is 0 Å². The molecule has 11 heteroatoms. The molecular weight excluding hydrogens is 1490 g/mol. The van der Waals surface area contributed by atoms with Crippen molar-refractivity contribution in [2.45, 2.75) is 0 Å². The van der Waals surface area contributed by atoms with Gasteiger partial charge in [-0.2, -0.15) is 0 Å². The van der Waals surface area contributed by atoms with Gasteiger partial charge in [-0.15, -0.1) is 22.7 Å². The highest BCUT2D eigenvalue weighted by atomic mass is 32.1. The molecule has 0 aliphatic rings. The Bertz CT molecular complexity index is 7530. The Balaban J connectivity index is 0.000000108. The Kier molecular flexibility index (Phi) is 17.8. The van der Waals surface area contributed by atoms with Crippen molar-refractivity contribution in [3.63, 3.8) is 0 Å². The van der Waals surface area contributed by atoms with Crippen LogP contribution in [0, 0.1) is 0 Å². The molecule has 0 bridgehead atoms. The SMILES string of the molecule is c1ccc(-c2c3ccccc3c(-c3ccc(-n4c5ccccc5c5ccccc54)cc3)c3ccccc23)cc1.c1ccc(-n2c3cc(-c4cccc5c4sc4ccccc45)ccc3c3ccc(-c4cccc5c4sc4ccccc45)cc32)cc1.c1cnc2c([O][Al]([O]c3cccc4cccnc34)[O]c3cccc4cccnc34)cccc2c1. The Morgan fingerprint density at radius 3 is 0.992 bits per heavy atom. The van der Waals surface area contributed by atoms with Crippen LogP contribution in [0.25, 0.3) is 194 Å². The number of para-hydroxylation sites is 6. The third kappa shape index (κ3) is 12.5. The number of nitrogens with zero attached hydrogens (tertiary/aromatic N) is 5. The van der Waals surface area contributed by atoms with Crippen LogP contribution in [0.1, 0.15) is 0 Å². The zero-order chi connectivity index (χ0) is 78.0. The summed E-state index contributed by atoms with van der Waals surface area (Å²) >= 11 is 0.924. The second-order valence-corrected chi connectivity index (χ2v) is 32.8. The topological polar surface area (TPSA) is 76.2 Å². The summed E-state index contributed by atoms with van der Waals surface area (Å²) in [7, 11) is 0. The van der Waals surface area contributed by atoms with Crippen LogP contribution in [0.5, 0.6) is 17.2 Å². The lowest BCUT2D eigenvalue weighted by atomic mass is 9.86. The van der Waals surface area contributed by atoms with Gasteiger partial charge in [0.05, 0.1) is 22.1 Å². The van der Waals surface area contributed by atoms with Gasteiger partial charge in [-0.1, -0.05) is 297 Å². The van der Waals surface area contributed by atoms with Gasteiger partial charge in [0.2, 0.25) is 0 Å². The summed E-state index contributed by atoms with van der Waals surface area (Å²) in [6.07, 6.45) is 5.24. The number of thiophene rings is 2. The zero-order valence-electron chi connectivity index (χ0n) is 63.6. The lowest BCUT2D eigenvalue weighted by molar-refractivity contribution is 0.311. The summed E-state index contributed by atoms with van der Waals surface area (Å²) in [6, 6.07) is 140. The van der Waals surface area contributed by atoms with Crippen molar-refractivity contribution in [3.05, 3.63) is 413 Å². The van der Waals surface area contributed by atoms with Gasteiger partial charge in [0.15, 0.2) is 0 Å². The maximum Gasteiger partial charge on any atom is 1.20 e. The molecule has 0 unspecified atom stereocenters. The molecule has 8 nitrogen and oxygen atoms in total. The monoisotopic (exact) mass is 1560 g/mol. The second kappa shape index (κ2) is 30.0. The van der Waals surface area contributed by atoms with Crippen LogP contribution in [0.2, 0.25) is 0 Å². The molecule has 0 spiro atoms. The Hall–Kier alpha value is -14.5. The molecule has 0 N–H and O–H groups in total. The Morgan fingerprint density at radius 1 is 0.229 bits per heavy atom. The van der Waals surface area contributed by atoms with E-state index in [1.165, 1.54) is 161 Å². The normalized spacial score (nSPS) is 11.6. The first-order valence-corrected chi connectivity index (χ1v) is 42.6. The second-order valence-electron chi connectivity index (χ2n) is 29.5. The molecular formula is C107H68AlN5O3S2. The molecule has 17 aromatic carbocycles. The minimum absolute atomic E-state index is 0.608. The van der Waals surface area contributed by atoms with E-state index in [1.807, 2.05) is 114 Å². The van der Waals surface area contributed by atoms with Crippen molar-refractivity contribution in [3.8, 4) is 73.1 Å². The van der Waals surface area contributed by atoms with E-state index < -0.39 is 15.1 Å². The minimum Gasteiger partial charge on any atom is -0.576 e. The average molecular weight is 1560 g/mol. The van der Waals surface area contributed by atoms with Crippen LogP contribution in [-0.2, 0) is 0 Å². The lowest BCUT2D eigenvalue weighted by Crippen LogP contribution is -2.37. The molecule has 118 heavy (non-hydrogen) atoms. The summed E-state index contributed by atoms with van der Waals surface area (Å²) < 4.78 is 29.4. The first-order chi connectivity index (χ1) is 58.5. The van der Waals surface area contributed by atoms with E-state index in [9.17, 15) is 0 Å². The van der Waals surface area contributed by atoms with Crippen LogP contribution in [0.3, 0.4) is 0 Å².